The van der Waals surface area contributed by atoms with Crippen LogP contribution in [-0.4, -0.2) is 38.9 Å². The number of carbonyl (C=O) groups is 1. The maximum absolute atomic E-state index is 12.5. The van der Waals surface area contributed by atoms with Crippen LogP contribution >= 0.6 is 11.3 Å². The van der Waals surface area contributed by atoms with Gasteiger partial charge in [-0.1, -0.05) is 23.3 Å². The van der Waals surface area contributed by atoms with E-state index in [0.717, 1.165) is 15.8 Å². The molecule has 160 valence electrons. The van der Waals surface area contributed by atoms with E-state index in [9.17, 15) is 4.79 Å². The Morgan fingerprint density at radius 3 is 2.32 bits per heavy atom. The van der Waals surface area contributed by atoms with Crippen molar-refractivity contribution in [2.45, 2.75) is 6.54 Å². The van der Waals surface area contributed by atoms with E-state index in [1.807, 2.05) is 18.2 Å². The largest absolute Gasteiger partial charge is 0.493 e. The molecule has 0 spiro atoms. The van der Waals surface area contributed by atoms with Crippen molar-refractivity contribution >= 4 is 33.5 Å². The van der Waals surface area contributed by atoms with Gasteiger partial charge in [0.15, 0.2) is 27.8 Å². The Kier molecular flexibility index (Phi) is 7.00. The minimum Gasteiger partial charge on any atom is -0.493 e. The highest BCUT2D eigenvalue weighted by Gasteiger charge is 2.12. The number of terminal acetylenes is 1. The molecule has 0 N–H and O–H groups in total. The summed E-state index contributed by atoms with van der Waals surface area (Å²) in [5.74, 6) is 4.55. The van der Waals surface area contributed by atoms with E-state index in [0.29, 0.717) is 27.8 Å². The maximum Gasteiger partial charge on any atom is 0.272 e. The van der Waals surface area contributed by atoms with Gasteiger partial charge in [0.1, 0.15) is 0 Å². The minimum atomic E-state index is -0.411. The number of hydrogen-bond acceptors (Lipinski definition) is 6. The molecule has 0 saturated heterocycles. The van der Waals surface area contributed by atoms with Gasteiger partial charge in [0, 0.05) is 18.2 Å². The van der Waals surface area contributed by atoms with Gasteiger partial charge < -0.3 is 23.5 Å². The number of amides is 1. The molecule has 0 aliphatic rings. The lowest BCUT2D eigenvalue weighted by Gasteiger charge is -2.08. The fourth-order valence-electron chi connectivity index (χ4n) is 2.98. The number of nitrogens with zero attached hydrogens (tertiary/aromatic N) is 2. The molecule has 3 rings (SSSR count). The highest BCUT2D eigenvalue weighted by atomic mass is 32.1. The number of ether oxygens (including phenoxy) is 4. The smallest absolute Gasteiger partial charge is 0.272 e. The zero-order valence-electron chi connectivity index (χ0n) is 17.7. The molecule has 31 heavy (non-hydrogen) atoms. The molecular weight excluding hydrogens is 416 g/mol. The maximum atomic E-state index is 12.5. The molecule has 0 aliphatic carbocycles. The molecule has 0 radical (unpaired) electrons. The molecular formula is C23H22N2O5S. The molecule has 2 aromatic carbocycles. The van der Waals surface area contributed by atoms with E-state index in [1.54, 1.807) is 51.2 Å². The molecule has 0 aliphatic heterocycles. The SMILES string of the molecule is C#CCn1c(=NC(=O)/C=C\c2ccc(OC)c(OC)c2)sc2cc(OC)c(OC)cc21. The van der Waals surface area contributed by atoms with Gasteiger partial charge in [-0.05, 0) is 23.8 Å². The Morgan fingerprint density at radius 2 is 1.68 bits per heavy atom. The second-order valence-corrected chi connectivity index (χ2v) is 7.26. The zero-order chi connectivity index (χ0) is 22.4. The van der Waals surface area contributed by atoms with E-state index in [4.69, 9.17) is 25.4 Å². The monoisotopic (exact) mass is 438 g/mol. The lowest BCUT2D eigenvalue weighted by atomic mass is 10.2. The predicted molar refractivity (Wildman–Crippen MR) is 121 cm³/mol. The van der Waals surface area contributed by atoms with Gasteiger partial charge in [0.05, 0.1) is 45.2 Å². The van der Waals surface area contributed by atoms with Gasteiger partial charge in [-0.25, -0.2) is 0 Å². The van der Waals surface area contributed by atoms with Crippen molar-refractivity contribution in [2.75, 3.05) is 28.4 Å². The van der Waals surface area contributed by atoms with E-state index in [-0.39, 0.29) is 6.54 Å². The lowest BCUT2D eigenvalue weighted by molar-refractivity contribution is -0.113. The third kappa shape index (κ3) is 4.73. The summed E-state index contributed by atoms with van der Waals surface area (Å²) in [6, 6.07) is 9.04. The Labute approximate surface area is 184 Å². The number of thiazole rings is 1. The van der Waals surface area contributed by atoms with Crippen LogP contribution in [0.4, 0.5) is 0 Å². The average Bonchev–Trinajstić information content (AvgIpc) is 3.12. The molecule has 0 unspecified atom stereocenters. The summed E-state index contributed by atoms with van der Waals surface area (Å²) in [6.07, 6.45) is 8.60. The van der Waals surface area contributed by atoms with Crippen LogP contribution in [0.5, 0.6) is 23.0 Å². The van der Waals surface area contributed by atoms with Crippen molar-refractivity contribution in [3.63, 3.8) is 0 Å². The first-order valence-corrected chi connectivity index (χ1v) is 10.0. The summed E-state index contributed by atoms with van der Waals surface area (Å²) < 4.78 is 23.9. The molecule has 0 fully saturated rings. The van der Waals surface area contributed by atoms with Gasteiger partial charge in [-0.2, -0.15) is 4.99 Å². The molecule has 1 amide bonds. The van der Waals surface area contributed by atoms with E-state index in [1.165, 1.54) is 17.4 Å². The van der Waals surface area contributed by atoms with Crippen molar-refractivity contribution in [1.82, 2.24) is 4.57 Å². The summed E-state index contributed by atoms with van der Waals surface area (Å²) in [5, 5.41) is 0. The summed E-state index contributed by atoms with van der Waals surface area (Å²) in [5.41, 5.74) is 1.60. The van der Waals surface area contributed by atoms with Crippen LogP contribution in [0.25, 0.3) is 16.3 Å². The number of methoxy groups -OCH3 is 4. The number of carbonyl (C=O) groups excluding carboxylic acids is 1. The van der Waals surface area contributed by atoms with Crippen molar-refractivity contribution in [1.29, 1.82) is 0 Å². The van der Waals surface area contributed by atoms with Gasteiger partial charge in [-0.3, -0.25) is 4.79 Å². The van der Waals surface area contributed by atoms with Crippen LogP contribution in [0.2, 0.25) is 0 Å². The zero-order valence-corrected chi connectivity index (χ0v) is 18.5. The Bertz CT molecular complexity index is 1250. The standard InChI is InChI=1S/C23H22N2O5S/c1-6-11-25-16-13-19(29-4)20(30-5)14-21(16)31-23(25)24-22(26)10-8-15-7-9-17(27-2)18(12-15)28-3/h1,7-10,12-14H,11H2,2-5H3/b10-8-,24-23?. The summed E-state index contributed by atoms with van der Waals surface area (Å²) in [4.78, 5) is 17.3. The predicted octanol–water partition coefficient (Wildman–Crippen LogP) is 3.51. The van der Waals surface area contributed by atoms with Crippen LogP contribution < -0.4 is 23.7 Å². The van der Waals surface area contributed by atoms with Crippen molar-refractivity contribution in [3.8, 4) is 35.3 Å². The van der Waals surface area contributed by atoms with E-state index in [2.05, 4.69) is 10.9 Å². The number of rotatable bonds is 7. The average molecular weight is 439 g/mol. The summed E-state index contributed by atoms with van der Waals surface area (Å²) >= 11 is 1.35. The third-order valence-corrected chi connectivity index (χ3v) is 5.51. The fraction of sp³-hybridized carbons (Fsp3) is 0.217. The molecule has 1 heterocycles. The van der Waals surface area contributed by atoms with Crippen LogP contribution in [-0.2, 0) is 11.3 Å². The number of aromatic nitrogens is 1. The topological polar surface area (TPSA) is 71.3 Å². The first-order valence-electron chi connectivity index (χ1n) is 9.22. The van der Waals surface area contributed by atoms with Crippen LogP contribution in [0.1, 0.15) is 5.56 Å². The second-order valence-electron chi connectivity index (χ2n) is 6.25. The first kappa shape index (κ1) is 22.0. The van der Waals surface area contributed by atoms with Crippen molar-refractivity contribution in [2.24, 2.45) is 4.99 Å². The lowest BCUT2D eigenvalue weighted by Crippen LogP contribution is -2.15. The number of benzene rings is 2. The Morgan fingerprint density at radius 1 is 1.03 bits per heavy atom. The van der Waals surface area contributed by atoms with Crippen LogP contribution in [0.3, 0.4) is 0 Å². The number of fused-ring (bicyclic) bond motifs is 1. The molecule has 3 aromatic rings. The highest BCUT2D eigenvalue weighted by Crippen LogP contribution is 2.33. The summed E-state index contributed by atoms with van der Waals surface area (Å²) in [6.45, 7) is 0.265. The van der Waals surface area contributed by atoms with E-state index >= 15 is 0 Å². The molecule has 8 heteroatoms. The van der Waals surface area contributed by atoms with Gasteiger partial charge >= 0.3 is 0 Å². The quantitative estimate of drug-likeness (QED) is 0.417. The van der Waals surface area contributed by atoms with Gasteiger partial charge in [0.2, 0.25) is 0 Å². The normalized spacial score (nSPS) is 11.5. The second kappa shape index (κ2) is 9.87. The Balaban J connectivity index is 1.99. The fourth-order valence-corrected chi connectivity index (χ4v) is 4.03. The molecule has 0 saturated carbocycles. The molecule has 7 nitrogen and oxygen atoms in total. The van der Waals surface area contributed by atoms with Crippen molar-refractivity contribution < 1.29 is 23.7 Å². The molecule has 1 aromatic heterocycles. The third-order valence-electron chi connectivity index (χ3n) is 4.47. The van der Waals surface area contributed by atoms with Crippen LogP contribution in [0, 0.1) is 12.3 Å². The minimum absolute atomic E-state index is 0.265. The Hall–Kier alpha value is -3.70. The van der Waals surface area contributed by atoms with Gasteiger partial charge in [0.25, 0.3) is 5.91 Å². The summed E-state index contributed by atoms with van der Waals surface area (Å²) in [7, 11) is 6.26. The highest BCUT2D eigenvalue weighted by molar-refractivity contribution is 7.16. The van der Waals surface area contributed by atoms with E-state index < -0.39 is 5.91 Å². The number of hydrogen-bond donors (Lipinski definition) is 0. The van der Waals surface area contributed by atoms with Crippen LogP contribution in [0.15, 0.2) is 41.4 Å². The van der Waals surface area contributed by atoms with Crippen molar-refractivity contribution in [3.05, 3.63) is 46.8 Å². The molecule has 0 atom stereocenters. The molecule has 0 bridgehead atoms. The van der Waals surface area contributed by atoms with Gasteiger partial charge in [-0.15, -0.1) is 6.42 Å². The first-order chi connectivity index (χ1) is 15.0.